The van der Waals surface area contributed by atoms with Gasteiger partial charge >= 0.3 is 6.18 Å². The fourth-order valence-electron chi connectivity index (χ4n) is 1.53. The van der Waals surface area contributed by atoms with E-state index in [1.165, 1.54) is 6.92 Å². The number of hydrogen-bond acceptors (Lipinski definition) is 2. The van der Waals surface area contributed by atoms with E-state index in [2.05, 4.69) is 0 Å². The Labute approximate surface area is 121 Å². The fraction of sp³-hybridized carbons (Fsp3) is 0.400. The summed E-state index contributed by atoms with van der Waals surface area (Å²) < 4.78 is 37.8. The van der Waals surface area contributed by atoms with Crippen LogP contribution in [0.1, 0.15) is 25.8 Å². The topological polar surface area (TPSA) is 57.5 Å². The van der Waals surface area contributed by atoms with Crippen LogP contribution in [0.15, 0.2) is 42.0 Å². The van der Waals surface area contributed by atoms with Crippen molar-refractivity contribution in [3.8, 4) is 0 Å². The van der Waals surface area contributed by atoms with Crippen molar-refractivity contribution in [1.29, 1.82) is 0 Å². The van der Waals surface area contributed by atoms with E-state index in [0.29, 0.717) is 6.42 Å². The van der Waals surface area contributed by atoms with Crippen molar-refractivity contribution >= 4 is 5.97 Å². The van der Waals surface area contributed by atoms with Crippen molar-refractivity contribution in [2.75, 3.05) is 0 Å². The van der Waals surface area contributed by atoms with Gasteiger partial charge in [0.1, 0.15) is 0 Å². The van der Waals surface area contributed by atoms with E-state index in [9.17, 15) is 13.2 Å². The Kier molecular flexibility index (Phi) is 8.38. The molecule has 1 aromatic carbocycles. The van der Waals surface area contributed by atoms with Gasteiger partial charge in [-0.25, -0.2) is 0 Å². The lowest BCUT2D eigenvalue weighted by Gasteiger charge is -2.12. The molecule has 0 fully saturated rings. The molecular weight excluding hydrogens is 285 g/mol. The van der Waals surface area contributed by atoms with Crippen molar-refractivity contribution in [3.05, 3.63) is 47.5 Å². The minimum atomic E-state index is -4.37. The molecule has 1 aromatic rings. The van der Waals surface area contributed by atoms with Crippen molar-refractivity contribution in [3.63, 3.8) is 0 Å². The van der Waals surface area contributed by atoms with E-state index >= 15 is 0 Å². The first-order valence-corrected chi connectivity index (χ1v) is 6.32. The number of hydrogen-bond donors (Lipinski definition) is 2. The van der Waals surface area contributed by atoms with Crippen LogP contribution in [0, 0.1) is 0 Å². The summed E-state index contributed by atoms with van der Waals surface area (Å²) in [5, 5.41) is 16.4. The molecule has 0 saturated heterocycles. The van der Waals surface area contributed by atoms with Crippen LogP contribution in [0.25, 0.3) is 0 Å². The summed E-state index contributed by atoms with van der Waals surface area (Å²) in [5.41, 5.74) is 0.185. The molecule has 0 amide bonds. The van der Waals surface area contributed by atoms with Crippen LogP contribution in [0.5, 0.6) is 0 Å². The molecule has 0 saturated carbocycles. The standard InChI is InChI=1S/C13H15F3O.C2H4O2/c1-10(17)9-12(13(14,15)16)8-7-11-5-3-2-4-6-11;1-2(3)4/h2-6,9-10,17H,7-8H2,1H3;1H3,(H,3,4)/t10-;/m1./s1. The van der Waals surface area contributed by atoms with Gasteiger partial charge in [-0.3, -0.25) is 4.79 Å². The molecule has 0 aromatic heterocycles. The Morgan fingerprint density at radius 2 is 1.76 bits per heavy atom. The molecule has 1 rings (SSSR count). The highest BCUT2D eigenvalue weighted by Gasteiger charge is 2.33. The van der Waals surface area contributed by atoms with Crippen molar-refractivity contribution < 1.29 is 28.2 Å². The number of alkyl halides is 3. The van der Waals surface area contributed by atoms with Crippen LogP contribution in [0.3, 0.4) is 0 Å². The first-order valence-electron chi connectivity index (χ1n) is 6.32. The lowest BCUT2D eigenvalue weighted by molar-refractivity contribution is -0.134. The van der Waals surface area contributed by atoms with Crippen LogP contribution in [0.2, 0.25) is 0 Å². The predicted molar refractivity (Wildman–Crippen MR) is 73.9 cm³/mol. The number of aryl methyl sites for hydroxylation is 1. The number of aliphatic hydroxyl groups is 1. The third kappa shape index (κ3) is 10.6. The number of benzene rings is 1. The predicted octanol–water partition coefficient (Wildman–Crippen LogP) is 3.58. The third-order valence-corrected chi connectivity index (χ3v) is 2.33. The lowest BCUT2D eigenvalue weighted by Crippen LogP contribution is -2.15. The number of carboxylic acids is 1. The molecule has 0 unspecified atom stereocenters. The average Bonchev–Trinajstić information content (AvgIpc) is 2.33. The number of carbonyl (C=O) groups is 1. The highest BCUT2D eigenvalue weighted by Crippen LogP contribution is 2.29. The molecule has 3 nitrogen and oxygen atoms in total. The maximum atomic E-state index is 12.6. The highest BCUT2D eigenvalue weighted by molar-refractivity contribution is 5.62. The molecule has 0 bridgehead atoms. The maximum absolute atomic E-state index is 12.6. The molecule has 118 valence electrons. The van der Waals surface area contributed by atoms with Gasteiger partial charge in [0.25, 0.3) is 5.97 Å². The van der Waals surface area contributed by atoms with E-state index in [0.717, 1.165) is 18.6 Å². The second-order valence-electron chi connectivity index (χ2n) is 4.43. The molecule has 6 heteroatoms. The Bertz CT molecular complexity index is 447. The third-order valence-electron chi connectivity index (χ3n) is 2.33. The summed E-state index contributed by atoms with van der Waals surface area (Å²) in [7, 11) is 0. The van der Waals surface area contributed by atoms with Gasteiger partial charge in [-0.1, -0.05) is 30.3 Å². The highest BCUT2D eigenvalue weighted by atomic mass is 19.4. The maximum Gasteiger partial charge on any atom is 0.412 e. The zero-order valence-electron chi connectivity index (χ0n) is 11.9. The van der Waals surface area contributed by atoms with Gasteiger partial charge in [0.15, 0.2) is 0 Å². The summed E-state index contributed by atoms with van der Waals surface area (Å²) in [4.78, 5) is 9.00. The molecule has 0 radical (unpaired) electrons. The smallest absolute Gasteiger partial charge is 0.412 e. The number of rotatable bonds is 4. The summed E-state index contributed by atoms with van der Waals surface area (Å²) in [6, 6.07) is 8.98. The van der Waals surface area contributed by atoms with Crippen LogP contribution >= 0.6 is 0 Å². The number of aliphatic hydroxyl groups excluding tert-OH is 1. The van der Waals surface area contributed by atoms with E-state index in [1.807, 2.05) is 6.07 Å². The Morgan fingerprint density at radius 3 is 2.14 bits per heavy atom. The molecule has 0 aliphatic rings. The number of allylic oxidation sites excluding steroid dienone is 1. The number of halogens is 3. The van der Waals surface area contributed by atoms with E-state index < -0.39 is 23.8 Å². The molecule has 21 heavy (non-hydrogen) atoms. The number of aliphatic carboxylic acids is 1. The molecule has 0 spiro atoms. The molecule has 0 aliphatic heterocycles. The molecule has 2 N–H and O–H groups in total. The lowest BCUT2D eigenvalue weighted by atomic mass is 10.0. The van der Waals surface area contributed by atoms with Gasteiger partial charge in [0.2, 0.25) is 0 Å². The molecular formula is C15H19F3O3. The SMILES string of the molecule is CC(=O)O.C[C@@H](O)C=C(CCc1ccccc1)C(F)(F)F. The minimum absolute atomic E-state index is 0.113. The summed E-state index contributed by atoms with van der Waals surface area (Å²) in [5.74, 6) is -0.833. The van der Waals surface area contributed by atoms with Gasteiger partial charge in [0, 0.05) is 12.5 Å². The van der Waals surface area contributed by atoms with Crippen LogP contribution in [-0.2, 0) is 11.2 Å². The van der Waals surface area contributed by atoms with Crippen molar-refractivity contribution in [2.24, 2.45) is 0 Å². The largest absolute Gasteiger partial charge is 0.481 e. The Morgan fingerprint density at radius 1 is 1.29 bits per heavy atom. The summed E-state index contributed by atoms with van der Waals surface area (Å²) >= 11 is 0. The summed E-state index contributed by atoms with van der Waals surface area (Å²) in [6.45, 7) is 2.40. The minimum Gasteiger partial charge on any atom is -0.481 e. The van der Waals surface area contributed by atoms with E-state index in [4.69, 9.17) is 15.0 Å². The Balaban J connectivity index is 0.000000885. The molecule has 0 heterocycles. The first-order chi connectivity index (χ1) is 9.62. The van der Waals surface area contributed by atoms with E-state index in [-0.39, 0.29) is 6.42 Å². The van der Waals surface area contributed by atoms with Gasteiger partial charge in [-0.05, 0) is 31.4 Å². The van der Waals surface area contributed by atoms with Gasteiger partial charge in [-0.2, -0.15) is 13.2 Å². The number of carboxylic acid groups (broad SMARTS) is 1. The van der Waals surface area contributed by atoms with Crippen LogP contribution < -0.4 is 0 Å². The van der Waals surface area contributed by atoms with Crippen molar-refractivity contribution in [2.45, 2.75) is 39.0 Å². The van der Waals surface area contributed by atoms with Crippen LogP contribution in [0.4, 0.5) is 13.2 Å². The monoisotopic (exact) mass is 304 g/mol. The van der Waals surface area contributed by atoms with E-state index in [1.54, 1.807) is 24.3 Å². The zero-order valence-corrected chi connectivity index (χ0v) is 11.9. The van der Waals surface area contributed by atoms with Gasteiger partial charge < -0.3 is 10.2 Å². The molecule has 0 aliphatic carbocycles. The Hall–Kier alpha value is -1.82. The quantitative estimate of drug-likeness (QED) is 0.836. The zero-order chi connectivity index (χ0) is 16.5. The normalized spacial score (nSPS) is 13.1. The molecule has 1 atom stereocenters. The second-order valence-corrected chi connectivity index (χ2v) is 4.43. The average molecular weight is 304 g/mol. The van der Waals surface area contributed by atoms with Gasteiger partial charge in [-0.15, -0.1) is 0 Å². The van der Waals surface area contributed by atoms with Gasteiger partial charge in [0.05, 0.1) is 6.10 Å². The summed E-state index contributed by atoms with van der Waals surface area (Å²) in [6.07, 6.45) is -4.38. The first kappa shape index (κ1) is 19.2. The second kappa shape index (κ2) is 9.18. The van der Waals surface area contributed by atoms with Crippen molar-refractivity contribution in [1.82, 2.24) is 0 Å². The fourth-order valence-corrected chi connectivity index (χ4v) is 1.53. The van der Waals surface area contributed by atoms with Crippen LogP contribution in [-0.4, -0.2) is 28.5 Å².